The summed E-state index contributed by atoms with van der Waals surface area (Å²) in [5, 5.41) is 10.6. The van der Waals surface area contributed by atoms with Gasteiger partial charge in [-0.05, 0) is 13.5 Å². The zero-order valence-corrected chi connectivity index (χ0v) is 10.4. The molecule has 0 aliphatic carbocycles. The number of hydrogen-bond donors (Lipinski definition) is 2. The van der Waals surface area contributed by atoms with E-state index in [1.807, 2.05) is 0 Å². The number of nitrogens with zero attached hydrogens (tertiary/aromatic N) is 1. The molecule has 1 unspecified atom stereocenters. The average molecular weight is 264 g/mol. The summed E-state index contributed by atoms with van der Waals surface area (Å²) in [5.74, 6) is -1.31. The van der Waals surface area contributed by atoms with Crippen molar-refractivity contribution >= 4 is 21.7 Å². The second-order valence-electron chi connectivity index (χ2n) is 4.14. The van der Waals surface area contributed by atoms with E-state index >= 15 is 0 Å². The Bertz CT molecular complexity index is 406. The molecule has 0 aromatic carbocycles. The minimum atomic E-state index is -2.97. The molecule has 0 radical (unpaired) electrons. The molecule has 2 N–H and O–H groups in total. The van der Waals surface area contributed by atoms with Crippen molar-refractivity contribution in [2.75, 3.05) is 31.6 Å². The minimum absolute atomic E-state index is 0.00741. The summed E-state index contributed by atoms with van der Waals surface area (Å²) in [7, 11) is -1.31. The number of nitrogens with one attached hydrogen (secondary N) is 1. The van der Waals surface area contributed by atoms with Crippen LogP contribution in [0.2, 0.25) is 0 Å². The Hall–Kier alpha value is -1.15. The molecule has 0 aromatic rings. The summed E-state index contributed by atoms with van der Waals surface area (Å²) in [6, 6.07) is -0.157. The first kappa shape index (κ1) is 13.9. The lowest BCUT2D eigenvalue weighted by Crippen LogP contribution is -2.42. The van der Waals surface area contributed by atoms with Crippen LogP contribution in [0.4, 0.5) is 0 Å². The highest BCUT2D eigenvalue weighted by Gasteiger charge is 2.31. The molecule has 1 aliphatic heterocycles. The maximum absolute atomic E-state index is 11.3. The highest BCUT2D eigenvalue weighted by Crippen LogP contribution is 2.15. The zero-order chi connectivity index (χ0) is 13.1. The van der Waals surface area contributed by atoms with Crippen LogP contribution in [0.3, 0.4) is 0 Å². The molecular weight excluding hydrogens is 248 g/mol. The second-order valence-corrected chi connectivity index (χ2v) is 6.37. The van der Waals surface area contributed by atoms with Gasteiger partial charge in [-0.1, -0.05) is 0 Å². The predicted molar refractivity (Wildman–Crippen MR) is 60.3 cm³/mol. The molecular formula is C9H16N2O5S. The fourth-order valence-corrected chi connectivity index (χ4v) is 3.51. The lowest BCUT2D eigenvalue weighted by Gasteiger charge is -2.21. The van der Waals surface area contributed by atoms with Crippen LogP contribution < -0.4 is 5.32 Å². The highest BCUT2D eigenvalue weighted by atomic mass is 32.2. The molecule has 1 fully saturated rings. The van der Waals surface area contributed by atoms with E-state index in [9.17, 15) is 18.0 Å². The fourth-order valence-electron chi connectivity index (χ4n) is 1.71. The molecule has 0 aromatic heterocycles. The van der Waals surface area contributed by atoms with Gasteiger partial charge in [-0.15, -0.1) is 0 Å². The topological polar surface area (TPSA) is 104 Å². The molecule has 98 valence electrons. The van der Waals surface area contributed by atoms with Crippen LogP contribution >= 0.6 is 0 Å². The van der Waals surface area contributed by atoms with E-state index in [0.717, 1.165) is 0 Å². The van der Waals surface area contributed by atoms with Crippen LogP contribution in [0.5, 0.6) is 0 Å². The summed E-state index contributed by atoms with van der Waals surface area (Å²) >= 11 is 0. The van der Waals surface area contributed by atoms with Gasteiger partial charge in [0.25, 0.3) is 0 Å². The van der Waals surface area contributed by atoms with Crippen molar-refractivity contribution in [1.82, 2.24) is 10.2 Å². The van der Waals surface area contributed by atoms with E-state index in [2.05, 4.69) is 5.32 Å². The first-order valence-corrected chi connectivity index (χ1v) is 7.01. The third-order valence-corrected chi connectivity index (χ3v) is 4.41. The minimum Gasteiger partial charge on any atom is -0.480 e. The van der Waals surface area contributed by atoms with Crippen LogP contribution in [0, 0.1) is 0 Å². The molecule has 8 heteroatoms. The summed E-state index contributed by atoms with van der Waals surface area (Å²) in [6.45, 7) is -0.414. The Morgan fingerprint density at radius 2 is 2.12 bits per heavy atom. The lowest BCUT2D eigenvalue weighted by molar-refractivity contribution is -0.138. The molecule has 0 spiro atoms. The number of rotatable bonds is 5. The average Bonchev–Trinajstić information content (AvgIpc) is 2.56. The number of carboxylic acid groups (broad SMARTS) is 1. The third kappa shape index (κ3) is 4.70. The van der Waals surface area contributed by atoms with Crippen LogP contribution in [0.1, 0.15) is 6.42 Å². The summed E-state index contributed by atoms with van der Waals surface area (Å²) < 4.78 is 22.5. The summed E-state index contributed by atoms with van der Waals surface area (Å²) in [5.41, 5.74) is 0. The maximum atomic E-state index is 11.3. The van der Waals surface area contributed by atoms with Gasteiger partial charge in [0.15, 0.2) is 9.84 Å². The SMILES string of the molecule is CN(CC(=O)NCC(=O)O)C1CCS(=O)(=O)C1. The van der Waals surface area contributed by atoms with Crippen molar-refractivity contribution in [3.63, 3.8) is 0 Å². The molecule has 1 saturated heterocycles. The molecule has 1 heterocycles. The van der Waals surface area contributed by atoms with Crippen molar-refractivity contribution in [2.45, 2.75) is 12.5 Å². The van der Waals surface area contributed by atoms with Gasteiger partial charge in [0, 0.05) is 6.04 Å². The summed E-state index contributed by atoms with van der Waals surface area (Å²) in [4.78, 5) is 23.2. The van der Waals surface area contributed by atoms with Gasteiger partial charge in [0.2, 0.25) is 5.91 Å². The zero-order valence-electron chi connectivity index (χ0n) is 9.55. The van der Waals surface area contributed by atoms with E-state index < -0.39 is 28.3 Å². The number of carboxylic acids is 1. The molecule has 1 atom stereocenters. The quantitative estimate of drug-likeness (QED) is 0.614. The molecule has 1 rings (SSSR count). The van der Waals surface area contributed by atoms with Gasteiger partial charge in [-0.3, -0.25) is 14.5 Å². The van der Waals surface area contributed by atoms with Crippen molar-refractivity contribution in [3.8, 4) is 0 Å². The Kier molecular flexibility index (Phi) is 4.47. The van der Waals surface area contributed by atoms with E-state index in [0.29, 0.717) is 6.42 Å². The number of hydrogen-bond acceptors (Lipinski definition) is 5. The molecule has 17 heavy (non-hydrogen) atoms. The number of likely N-dealkylation sites (N-methyl/N-ethyl adjacent to an activating group) is 1. The van der Waals surface area contributed by atoms with Gasteiger partial charge >= 0.3 is 5.97 Å². The van der Waals surface area contributed by atoms with E-state index in [1.165, 1.54) is 0 Å². The monoisotopic (exact) mass is 264 g/mol. The van der Waals surface area contributed by atoms with Crippen LogP contribution in [0.15, 0.2) is 0 Å². The first-order valence-electron chi connectivity index (χ1n) is 5.19. The number of aliphatic carboxylic acids is 1. The standard InChI is InChI=1S/C9H16N2O5S/c1-11(5-8(12)10-4-9(13)14)7-2-3-17(15,16)6-7/h7H,2-6H2,1H3,(H,10,12)(H,13,14). The number of carbonyl (C=O) groups excluding carboxylic acids is 1. The Morgan fingerprint density at radius 3 is 2.59 bits per heavy atom. The second kappa shape index (κ2) is 5.46. The van der Waals surface area contributed by atoms with Gasteiger partial charge < -0.3 is 10.4 Å². The molecule has 1 amide bonds. The smallest absolute Gasteiger partial charge is 0.322 e. The fraction of sp³-hybridized carbons (Fsp3) is 0.778. The van der Waals surface area contributed by atoms with Gasteiger partial charge in [-0.2, -0.15) is 0 Å². The Labute approximate surface area is 99.7 Å². The van der Waals surface area contributed by atoms with Crippen molar-refractivity contribution in [2.24, 2.45) is 0 Å². The summed E-state index contributed by atoms with van der Waals surface area (Å²) in [6.07, 6.45) is 0.519. The molecule has 0 saturated carbocycles. The van der Waals surface area contributed by atoms with E-state index in [1.54, 1.807) is 11.9 Å². The number of sulfone groups is 1. The predicted octanol–water partition coefficient (Wildman–Crippen LogP) is -1.69. The van der Waals surface area contributed by atoms with Crippen molar-refractivity contribution in [3.05, 3.63) is 0 Å². The molecule has 7 nitrogen and oxygen atoms in total. The lowest BCUT2D eigenvalue weighted by atomic mass is 10.2. The number of carbonyl (C=O) groups is 2. The normalized spacial score (nSPS) is 22.6. The van der Waals surface area contributed by atoms with Crippen LogP contribution in [0.25, 0.3) is 0 Å². The van der Waals surface area contributed by atoms with Crippen LogP contribution in [-0.2, 0) is 19.4 Å². The molecule has 1 aliphatic rings. The Balaban J connectivity index is 2.37. The number of amides is 1. The van der Waals surface area contributed by atoms with Gasteiger partial charge in [-0.25, -0.2) is 8.42 Å². The Morgan fingerprint density at radius 1 is 1.47 bits per heavy atom. The highest BCUT2D eigenvalue weighted by molar-refractivity contribution is 7.91. The largest absolute Gasteiger partial charge is 0.480 e. The molecule has 0 bridgehead atoms. The van der Waals surface area contributed by atoms with Crippen LogP contribution in [-0.4, -0.2) is 68.0 Å². The maximum Gasteiger partial charge on any atom is 0.322 e. The van der Waals surface area contributed by atoms with Gasteiger partial charge in [0.05, 0.1) is 18.1 Å². The first-order chi connectivity index (χ1) is 7.80. The van der Waals surface area contributed by atoms with E-state index in [4.69, 9.17) is 5.11 Å². The van der Waals surface area contributed by atoms with Crippen molar-refractivity contribution < 1.29 is 23.1 Å². The third-order valence-electron chi connectivity index (χ3n) is 2.66. The van der Waals surface area contributed by atoms with E-state index in [-0.39, 0.29) is 24.1 Å². The van der Waals surface area contributed by atoms with Gasteiger partial charge in [0.1, 0.15) is 6.54 Å². The van der Waals surface area contributed by atoms with Crippen molar-refractivity contribution in [1.29, 1.82) is 0 Å².